The average Bonchev–Trinajstić information content (AvgIpc) is 3.03. The average molecular weight is 341 g/mol. The van der Waals surface area contributed by atoms with E-state index in [0.717, 1.165) is 5.56 Å². The van der Waals surface area contributed by atoms with Gasteiger partial charge in [-0.1, -0.05) is 36.5 Å². The lowest BCUT2D eigenvalue weighted by Gasteiger charge is -2.12. The van der Waals surface area contributed by atoms with Crippen molar-refractivity contribution < 1.29 is 8.78 Å². The number of nitrogens with zero attached hydrogens (tertiary/aromatic N) is 2. The molecule has 3 rings (SSSR count). The summed E-state index contributed by atoms with van der Waals surface area (Å²) in [4.78, 5) is 4.35. The molecular weight excluding hydrogens is 328 g/mol. The Balaban J connectivity index is 1.70. The molecule has 0 amide bonds. The lowest BCUT2D eigenvalue weighted by atomic mass is 10.1. The predicted octanol–water partition coefficient (Wildman–Crippen LogP) is 4.24. The van der Waals surface area contributed by atoms with Gasteiger partial charge in [0.05, 0.1) is 29.0 Å². The number of benzene rings is 2. The van der Waals surface area contributed by atoms with Gasteiger partial charge in [-0.3, -0.25) is 4.99 Å². The van der Waals surface area contributed by atoms with E-state index in [-0.39, 0.29) is 16.5 Å². The standard InChI is InChI=1S/C18H13F2N3S/c1-11(17-14(19)6-3-7-15(17)20)23-18-22-10-16(24-18)13-5-2-4-12(8-13)9-21/h2-8,16H,1,10H2,(H,22,23). The molecular formula is C18H13F2N3S. The number of aliphatic imine (C=N–C) groups is 1. The molecule has 0 radical (unpaired) electrons. The molecule has 0 aliphatic carbocycles. The van der Waals surface area contributed by atoms with Crippen LogP contribution in [0, 0.1) is 23.0 Å². The molecule has 0 spiro atoms. The maximum atomic E-state index is 13.8. The van der Waals surface area contributed by atoms with Crippen LogP contribution in [0.1, 0.15) is 21.9 Å². The normalized spacial score (nSPS) is 16.4. The van der Waals surface area contributed by atoms with Crippen molar-refractivity contribution in [1.82, 2.24) is 5.32 Å². The zero-order valence-corrected chi connectivity index (χ0v) is 13.4. The van der Waals surface area contributed by atoms with E-state index < -0.39 is 11.6 Å². The minimum atomic E-state index is -0.672. The van der Waals surface area contributed by atoms with E-state index in [2.05, 4.69) is 23.0 Å². The smallest absolute Gasteiger partial charge is 0.161 e. The van der Waals surface area contributed by atoms with Gasteiger partial charge in [0.2, 0.25) is 0 Å². The molecule has 0 saturated carbocycles. The van der Waals surface area contributed by atoms with Crippen LogP contribution < -0.4 is 5.32 Å². The zero-order chi connectivity index (χ0) is 17.1. The predicted molar refractivity (Wildman–Crippen MR) is 92.3 cm³/mol. The number of nitrogens with one attached hydrogen (secondary N) is 1. The first kappa shape index (κ1) is 16.2. The summed E-state index contributed by atoms with van der Waals surface area (Å²) >= 11 is 1.44. The maximum Gasteiger partial charge on any atom is 0.161 e. The number of nitriles is 1. The Morgan fingerprint density at radius 3 is 2.67 bits per heavy atom. The van der Waals surface area contributed by atoms with Crippen LogP contribution in [0.4, 0.5) is 8.78 Å². The molecule has 0 aromatic heterocycles. The fourth-order valence-corrected chi connectivity index (χ4v) is 3.44. The molecule has 2 aromatic rings. The van der Waals surface area contributed by atoms with Crippen molar-refractivity contribution in [3.8, 4) is 6.07 Å². The van der Waals surface area contributed by atoms with Crippen LogP contribution in [0.15, 0.2) is 54.0 Å². The van der Waals surface area contributed by atoms with Crippen LogP contribution in [-0.2, 0) is 0 Å². The first-order valence-corrected chi connectivity index (χ1v) is 8.08. The second kappa shape index (κ2) is 6.85. The highest BCUT2D eigenvalue weighted by Crippen LogP contribution is 2.35. The fourth-order valence-electron chi connectivity index (χ4n) is 2.40. The highest BCUT2D eigenvalue weighted by molar-refractivity contribution is 8.14. The molecule has 1 N–H and O–H groups in total. The van der Waals surface area contributed by atoms with Gasteiger partial charge in [-0.2, -0.15) is 5.26 Å². The molecule has 1 aliphatic heterocycles. The van der Waals surface area contributed by atoms with Crippen LogP contribution in [0.3, 0.4) is 0 Å². The highest BCUT2D eigenvalue weighted by atomic mass is 32.2. The van der Waals surface area contributed by atoms with E-state index in [1.54, 1.807) is 6.07 Å². The quantitative estimate of drug-likeness (QED) is 0.908. The second-order valence-electron chi connectivity index (χ2n) is 5.19. The SMILES string of the molecule is C=C(NC1=NCC(c2cccc(C#N)c2)S1)c1c(F)cccc1F. The zero-order valence-electron chi connectivity index (χ0n) is 12.6. The van der Waals surface area contributed by atoms with Crippen molar-refractivity contribution in [2.45, 2.75) is 5.25 Å². The molecule has 0 saturated heterocycles. The molecule has 3 nitrogen and oxygen atoms in total. The number of hydrogen-bond donors (Lipinski definition) is 1. The fraction of sp³-hybridized carbons (Fsp3) is 0.111. The van der Waals surface area contributed by atoms with Crippen LogP contribution in [0.2, 0.25) is 0 Å². The van der Waals surface area contributed by atoms with E-state index in [1.165, 1.54) is 30.0 Å². The molecule has 1 atom stereocenters. The number of rotatable bonds is 3. The molecule has 0 bridgehead atoms. The van der Waals surface area contributed by atoms with E-state index in [4.69, 9.17) is 5.26 Å². The van der Waals surface area contributed by atoms with Gasteiger partial charge in [0.1, 0.15) is 11.6 Å². The second-order valence-corrected chi connectivity index (χ2v) is 6.38. The number of hydrogen-bond acceptors (Lipinski definition) is 4. The summed E-state index contributed by atoms with van der Waals surface area (Å²) < 4.78 is 27.6. The minimum Gasteiger partial charge on any atom is -0.335 e. The largest absolute Gasteiger partial charge is 0.335 e. The van der Waals surface area contributed by atoms with Gasteiger partial charge in [0.25, 0.3) is 0 Å². The maximum absolute atomic E-state index is 13.8. The summed E-state index contributed by atoms with van der Waals surface area (Å²) in [5.74, 6) is -1.34. The molecule has 1 aliphatic rings. The van der Waals surface area contributed by atoms with Crippen LogP contribution in [0.25, 0.3) is 5.70 Å². The molecule has 24 heavy (non-hydrogen) atoms. The van der Waals surface area contributed by atoms with E-state index in [1.807, 2.05) is 18.2 Å². The van der Waals surface area contributed by atoms with Crippen molar-refractivity contribution in [3.05, 3.63) is 77.4 Å². The van der Waals surface area contributed by atoms with Gasteiger partial charge >= 0.3 is 0 Å². The molecule has 0 fully saturated rings. The number of halogens is 2. The van der Waals surface area contributed by atoms with E-state index in [9.17, 15) is 8.78 Å². The van der Waals surface area contributed by atoms with Gasteiger partial charge in [-0.15, -0.1) is 0 Å². The highest BCUT2D eigenvalue weighted by Gasteiger charge is 2.23. The van der Waals surface area contributed by atoms with Crippen LogP contribution in [-0.4, -0.2) is 11.7 Å². The summed E-state index contributed by atoms with van der Waals surface area (Å²) in [5.41, 5.74) is 1.52. The van der Waals surface area contributed by atoms with Gasteiger partial charge in [-0.25, -0.2) is 8.78 Å². The van der Waals surface area contributed by atoms with Crippen molar-refractivity contribution in [2.24, 2.45) is 4.99 Å². The minimum absolute atomic E-state index is 0.0547. The van der Waals surface area contributed by atoms with Crippen LogP contribution in [0.5, 0.6) is 0 Å². The van der Waals surface area contributed by atoms with Crippen molar-refractivity contribution in [1.29, 1.82) is 5.26 Å². The van der Waals surface area contributed by atoms with Crippen molar-refractivity contribution >= 4 is 22.6 Å². The van der Waals surface area contributed by atoms with Crippen molar-refractivity contribution in [2.75, 3.05) is 6.54 Å². The summed E-state index contributed by atoms with van der Waals surface area (Å²) in [6.07, 6.45) is 0. The molecule has 2 aromatic carbocycles. The Hall–Kier alpha value is -2.65. The molecule has 6 heteroatoms. The Bertz CT molecular complexity index is 851. The Kier molecular flexibility index (Phi) is 4.63. The monoisotopic (exact) mass is 341 g/mol. The number of amidine groups is 1. The Labute approximate surface area is 142 Å². The third kappa shape index (κ3) is 3.31. The summed E-state index contributed by atoms with van der Waals surface area (Å²) in [6.45, 7) is 4.23. The molecule has 1 unspecified atom stereocenters. The summed E-state index contributed by atoms with van der Waals surface area (Å²) in [7, 11) is 0. The van der Waals surface area contributed by atoms with E-state index >= 15 is 0 Å². The van der Waals surface area contributed by atoms with Gasteiger partial charge in [0.15, 0.2) is 5.17 Å². The summed E-state index contributed by atoms with van der Waals surface area (Å²) in [5, 5.41) is 12.5. The van der Waals surface area contributed by atoms with Gasteiger partial charge in [-0.05, 0) is 29.8 Å². The summed E-state index contributed by atoms with van der Waals surface area (Å²) in [6, 6.07) is 13.1. The van der Waals surface area contributed by atoms with Crippen LogP contribution >= 0.6 is 11.8 Å². The molecule has 120 valence electrons. The lowest BCUT2D eigenvalue weighted by molar-refractivity contribution is 0.576. The lowest BCUT2D eigenvalue weighted by Crippen LogP contribution is -2.18. The topological polar surface area (TPSA) is 48.2 Å². The van der Waals surface area contributed by atoms with E-state index in [0.29, 0.717) is 17.3 Å². The third-order valence-corrected chi connectivity index (χ3v) is 4.72. The first-order valence-electron chi connectivity index (χ1n) is 7.20. The molecule has 1 heterocycles. The van der Waals surface area contributed by atoms with Gasteiger partial charge in [0, 0.05) is 5.70 Å². The Morgan fingerprint density at radius 1 is 1.25 bits per heavy atom. The van der Waals surface area contributed by atoms with Gasteiger partial charge < -0.3 is 5.32 Å². The van der Waals surface area contributed by atoms with Crippen molar-refractivity contribution in [3.63, 3.8) is 0 Å². The third-order valence-electron chi connectivity index (χ3n) is 3.56. The Morgan fingerprint density at radius 2 is 1.96 bits per heavy atom. The number of thioether (sulfide) groups is 1. The first-order chi connectivity index (χ1) is 11.6.